The fourth-order valence-corrected chi connectivity index (χ4v) is 3.10. The normalized spacial score (nSPS) is 13.5. The SMILES string of the molecule is CCCCC(Oc1ccc(-c2ccccc2)cc1)N(C)CCCC(F)(F)C(F)(F)F. The van der Waals surface area contributed by atoms with E-state index in [2.05, 4.69) is 0 Å². The van der Waals surface area contributed by atoms with Crippen LogP contribution in [0.1, 0.15) is 39.0 Å². The van der Waals surface area contributed by atoms with Gasteiger partial charge in [0, 0.05) is 13.0 Å². The van der Waals surface area contributed by atoms with Crippen LogP contribution in [0.25, 0.3) is 11.1 Å². The van der Waals surface area contributed by atoms with Gasteiger partial charge in [-0.15, -0.1) is 0 Å². The standard InChI is InChI=1S/C23H28F5NO/c1-3-4-11-21(29(2)17-8-16-22(24,25)23(26,27)28)30-20-14-12-19(13-15-20)18-9-6-5-7-10-18/h5-7,9-10,12-15,21H,3-4,8,11,16-17H2,1-2H3. The van der Waals surface area contributed by atoms with Gasteiger partial charge in [-0.2, -0.15) is 22.0 Å². The van der Waals surface area contributed by atoms with Crippen LogP contribution in [0.4, 0.5) is 22.0 Å². The summed E-state index contributed by atoms with van der Waals surface area (Å²) in [5.74, 6) is -4.04. The summed E-state index contributed by atoms with van der Waals surface area (Å²) in [7, 11) is 1.68. The first-order valence-corrected chi connectivity index (χ1v) is 10.1. The second kappa shape index (κ2) is 10.8. The van der Waals surface area contributed by atoms with Crippen LogP contribution in [0, 0.1) is 0 Å². The molecule has 0 N–H and O–H groups in total. The van der Waals surface area contributed by atoms with Crippen molar-refractivity contribution in [1.29, 1.82) is 0 Å². The molecule has 0 heterocycles. The maximum atomic E-state index is 13.1. The molecule has 0 bridgehead atoms. The molecule has 1 unspecified atom stereocenters. The third-order valence-electron chi connectivity index (χ3n) is 4.95. The fraction of sp³-hybridized carbons (Fsp3) is 0.478. The van der Waals surface area contributed by atoms with Crippen LogP contribution in [-0.2, 0) is 0 Å². The smallest absolute Gasteiger partial charge is 0.453 e. The largest absolute Gasteiger partial charge is 0.475 e. The van der Waals surface area contributed by atoms with Crippen LogP contribution in [0.15, 0.2) is 54.6 Å². The molecule has 0 aromatic heterocycles. The molecule has 2 aromatic rings. The molecular weight excluding hydrogens is 401 g/mol. The summed E-state index contributed by atoms with van der Waals surface area (Å²) >= 11 is 0. The quantitative estimate of drug-likeness (QED) is 0.278. The predicted molar refractivity (Wildman–Crippen MR) is 109 cm³/mol. The molecule has 2 rings (SSSR count). The molecule has 166 valence electrons. The van der Waals surface area contributed by atoms with E-state index >= 15 is 0 Å². The minimum Gasteiger partial charge on any atom is -0.475 e. The van der Waals surface area contributed by atoms with E-state index in [0.29, 0.717) is 12.2 Å². The third-order valence-corrected chi connectivity index (χ3v) is 4.95. The van der Waals surface area contributed by atoms with Crippen molar-refractivity contribution in [2.75, 3.05) is 13.6 Å². The summed E-state index contributed by atoms with van der Waals surface area (Å²) < 4.78 is 69.3. The van der Waals surface area contributed by atoms with Crippen molar-refractivity contribution >= 4 is 0 Å². The lowest BCUT2D eigenvalue weighted by molar-refractivity contribution is -0.284. The van der Waals surface area contributed by atoms with Crippen LogP contribution in [0.2, 0.25) is 0 Å². The Labute approximate surface area is 174 Å². The Morgan fingerprint density at radius 1 is 0.867 bits per heavy atom. The zero-order valence-corrected chi connectivity index (χ0v) is 17.3. The number of benzene rings is 2. The zero-order chi connectivity index (χ0) is 22.2. The summed E-state index contributed by atoms with van der Waals surface area (Å²) in [6, 6.07) is 17.4. The van der Waals surface area contributed by atoms with Crippen molar-refractivity contribution < 1.29 is 26.7 Å². The maximum absolute atomic E-state index is 13.1. The van der Waals surface area contributed by atoms with Gasteiger partial charge in [-0.1, -0.05) is 55.8 Å². The number of halogens is 5. The van der Waals surface area contributed by atoms with Gasteiger partial charge < -0.3 is 4.74 Å². The molecule has 0 saturated heterocycles. The van der Waals surface area contributed by atoms with Crippen LogP contribution in [0.3, 0.4) is 0 Å². The van der Waals surface area contributed by atoms with Crippen molar-refractivity contribution in [1.82, 2.24) is 4.90 Å². The minimum absolute atomic E-state index is 0.0855. The lowest BCUT2D eigenvalue weighted by atomic mass is 10.1. The van der Waals surface area contributed by atoms with Crippen molar-refractivity contribution in [2.24, 2.45) is 0 Å². The van der Waals surface area contributed by atoms with Crippen LogP contribution >= 0.6 is 0 Å². The topological polar surface area (TPSA) is 12.5 Å². The molecule has 7 heteroatoms. The molecule has 0 spiro atoms. The van der Waals surface area contributed by atoms with Gasteiger partial charge >= 0.3 is 12.1 Å². The van der Waals surface area contributed by atoms with Gasteiger partial charge in [0.25, 0.3) is 0 Å². The summed E-state index contributed by atoms with van der Waals surface area (Å²) in [5, 5.41) is 0. The van der Waals surface area contributed by atoms with E-state index in [0.717, 1.165) is 24.0 Å². The van der Waals surface area contributed by atoms with Crippen LogP contribution in [0.5, 0.6) is 5.75 Å². The van der Waals surface area contributed by atoms with Gasteiger partial charge in [0.15, 0.2) is 6.23 Å². The van der Waals surface area contributed by atoms with Gasteiger partial charge in [-0.25, -0.2) is 0 Å². The van der Waals surface area contributed by atoms with Gasteiger partial charge in [-0.05, 0) is 49.6 Å². The molecule has 0 aliphatic heterocycles. The monoisotopic (exact) mass is 429 g/mol. The first kappa shape index (κ1) is 24.1. The highest BCUT2D eigenvalue weighted by Crippen LogP contribution is 2.38. The molecule has 2 nitrogen and oxygen atoms in total. The second-order valence-electron chi connectivity index (χ2n) is 7.39. The van der Waals surface area contributed by atoms with Crippen molar-refractivity contribution in [3.05, 3.63) is 54.6 Å². The summed E-state index contributed by atoms with van der Waals surface area (Å²) in [5.41, 5.74) is 2.12. The molecule has 0 fully saturated rings. The molecule has 0 aliphatic carbocycles. The highest BCUT2D eigenvalue weighted by Gasteiger charge is 2.56. The molecule has 0 saturated carbocycles. The number of hydrogen-bond acceptors (Lipinski definition) is 2. The summed E-state index contributed by atoms with van der Waals surface area (Å²) in [6.45, 7) is 2.11. The fourth-order valence-electron chi connectivity index (χ4n) is 3.10. The Morgan fingerprint density at radius 3 is 2.03 bits per heavy atom. The third kappa shape index (κ3) is 6.97. The van der Waals surface area contributed by atoms with Crippen LogP contribution < -0.4 is 4.74 Å². The average molecular weight is 429 g/mol. The van der Waals surface area contributed by atoms with Crippen molar-refractivity contribution in [2.45, 2.75) is 57.4 Å². The molecule has 1 atom stereocenters. The van der Waals surface area contributed by atoms with E-state index in [1.165, 1.54) is 0 Å². The van der Waals surface area contributed by atoms with E-state index < -0.39 is 24.7 Å². The second-order valence-corrected chi connectivity index (χ2v) is 7.39. The number of rotatable bonds is 11. The molecule has 2 aromatic carbocycles. The van der Waals surface area contributed by atoms with E-state index in [4.69, 9.17) is 4.74 Å². The Hall–Kier alpha value is -2.15. The highest BCUT2D eigenvalue weighted by atomic mass is 19.4. The Balaban J connectivity index is 1.97. The summed E-state index contributed by atoms with van der Waals surface area (Å²) in [6.07, 6.45) is -4.97. The number of unbranched alkanes of at least 4 members (excludes halogenated alkanes) is 1. The number of nitrogens with zero attached hydrogens (tertiary/aromatic N) is 1. The van der Waals surface area contributed by atoms with E-state index in [1.54, 1.807) is 11.9 Å². The lowest BCUT2D eigenvalue weighted by Crippen LogP contribution is -2.40. The van der Waals surface area contributed by atoms with E-state index in [1.807, 2.05) is 61.5 Å². The predicted octanol–water partition coefficient (Wildman–Crippen LogP) is 7.16. The van der Waals surface area contributed by atoms with Gasteiger partial charge in [0.1, 0.15) is 5.75 Å². The molecular formula is C23H28F5NO. The molecule has 0 aliphatic rings. The molecule has 0 radical (unpaired) electrons. The number of ether oxygens (including phenoxy) is 1. The van der Waals surface area contributed by atoms with Gasteiger partial charge in [-0.3, -0.25) is 4.90 Å². The van der Waals surface area contributed by atoms with E-state index in [-0.39, 0.29) is 13.0 Å². The number of alkyl halides is 5. The average Bonchev–Trinajstić information content (AvgIpc) is 2.71. The highest BCUT2D eigenvalue weighted by molar-refractivity contribution is 5.63. The minimum atomic E-state index is -5.51. The first-order chi connectivity index (χ1) is 14.1. The van der Waals surface area contributed by atoms with Gasteiger partial charge in [0.2, 0.25) is 0 Å². The van der Waals surface area contributed by atoms with Crippen LogP contribution in [-0.4, -0.2) is 36.8 Å². The zero-order valence-electron chi connectivity index (χ0n) is 17.3. The summed E-state index contributed by atoms with van der Waals surface area (Å²) in [4.78, 5) is 1.70. The Bertz CT molecular complexity index is 746. The van der Waals surface area contributed by atoms with Crippen molar-refractivity contribution in [3.8, 4) is 16.9 Å². The number of hydrogen-bond donors (Lipinski definition) is 0. The maximum Gasteiger partial charge on any atom is 0.453 e. The first-order valence-electron chi connectivity index (χ1n) is 10.1. The van der Waals surface area contributed by atoms with E-state index in [9.17, 15) is 22.0 Å². The Morgan fingerprint density at radius 2 is 1.47 bits per heavy atom. The lowest BCUT2D eigenvalue weighted by Gasteiger charge is -2.29. The molecule has 0 amide bonds. The van der Waals surface area contributed by atoms with Crippen molar-refractivity contribution in [3.63, 3.8) is 0 Å². The van der Waals surface area contributed by atoms with Gasteiger partial charge in [0.05, 0.1) is 0 Å². The Kier molecular flexibility index (Phi) is 8.65. The molecule has 30 heavy (non-hydrogen) atoms.